The molecular formula is C20H29N3O4. The number of pyridine rings is 1. The molecule has 2 atom stereocenters. The van der Waals surface area contributed by atoms with Gasteiger partial charge in [-0.25, -0.2) is 4.98 Å². The highest BCUT2D eigenvalue weighted by Gasteiger charge is 2.29. The van der Waals surface area contributed by atoms with Gasteiger partial charge in [-0.05, 0) is 37.8 Å². The number of hydrogen-bond donors (Lipinski definition) is 0. The van der Waals surface area contributed by atoms with Crippen molar-refractivity contribution in [1.29, 1.82) is 0 Å². The summed E-state index contributed by atoms with van der Waals surface area (Å²) in [5, 5.41) is 0. The molecule has 1 amide bonds. The van der Waals surface area contributed by atoms with Crippen LogP contribution in [0.2, 0.25) is 0 Å². The number of likely N-dealkylation sites (tertiary alicyclic amines) is 1. The molecule has 4 heterocycles. The van der Waals surface area contributed by atoms with Gasteiger partial charge in [0.25, 0.3) is 0 Å². The molecule has 4 rings (SSSR count). The van der Waals surface area contributed by atoms with E-state index in [9.17, 15) is 4.79 Å². The molecule has 0 N–H and O–H groups in total. The third-order valence-corrected chi connectivity index (χ3v) is 5.50. The van der Waals surface area contributed by atoms with Crippen molar-refractivity contribution in [1.82, 2.24) is 9.88 Å². The number of aromatic nitrogens is 1. The Kier molecular flexibility index (Phi) is 6.09. The van der Waals surface area contributed by atoms with Crippen LogP contribution in [-0.2, 0) is 14.3 Å². The summed E-state index contributed by atoms with van der Waals surface area (Å²) >= 11 is 0. The first-order valence-electron chi connectivity index (χ1n) is 10.1. The van der Waals surface area contributed by atoms with Crippen LogP contribution < -0.4 is 9.64 Å². The van der Waals surface area contributed by atoms with Crippen molar-refractivity contribution in [3.05, 3.63) is 18.3 Å². The Bertz CT molecular complexity index is 629. The van der Waals surface area contributed by atoms with Crippen LogP contribution in [0.1, 0.15) is 32.1 Å². The van der Waals surface area contributed by atoms with Crippen molar-refractivity contribution in [2.75, 3.05) is 50.9 Å². The summed E-state index contributed by atoms with van der Waals surface area (Å²) in [5.41, 5.74) is 0. The third kappa shape index (κ3) is 4.71. The molecule has 148 valence electrons. The van der Waals surface area contributed by atoms with E-state index in [4.69, 9.17) is 14.2 Å². The lowest BCUT2D eigenvalue weighted by Crippen LogP contribution is -2.34. The zero-order valence-electron chi connectivity index (χ0n) is 15.8. The van der Waals surface area contributed by atoms with Gasteiger partial charge in [0.05, 0.1) is 19.3 Å². The largest absolute Gasteiger partial charge is 0.485 e. The molecule has 0 bridgehead atoms. The van der Waals surface area contributed by atoms with E-state index in [2.05, 4.69) is 9.88 Å². The van der Waals surface area contributed by atoms with Gasteiger partial charge < -0.3 is 24.0 Å². The van der Waals surface area contributed by atoms with E-state index in [1.807, 2.05) is 23.2 Å². The quantitative estimate of drug-likeness (QED) is 0.725. The molecular weight excluding hydrogens is 346 g/mol. The zero-order valence-corrected chi connectivity index (χ0v) is 15.8. The van der Waals surface area contributed by atoms with E-state index in [0.717, 1.165) is 50.5 Å². The second-order valence-electron chi connectivity index (χ2n) is 7.54. The maximum atomic E-state index is 12.4. The third-order valence-electron chi connectivity index (χ3n) is 5.50. The van der Waals surface area contributed by atoms with Gasteiger partial charge in [-0.15, -0.1) is 0 Å². The van der Waals surface area contributed by atoms with Crippen LogP contribution in [0.15, 0.2) is 18.3 Å². The fourth-order valence-electron chi connectivity index (χ4n) is 4.02. The van der Waals surface area contributed by atoms with E-state index in [1.54, 1.807) is 0 Å². The molecule has 7 heteroatoms. The van der Waals surface area contributed by atoms with E-state index in [0.29, 0.717) is 19.7 Å². The maximum absolute atomic E-state index is 12.4. The smallest absolute Gasteiger partial charge is 0.248 e. The highest BCUT2D eigenvalue weighted by atomic mass is 16.5. The fourth-order valence-corrected chi connectivity index (χ4v) is 4.02. The van der Waals surface area contributed by atoms with Gasteiger partial charge in [0, 0.05) is 38.9 Å². The molecule has 3 aliphatic rings. The molecule has 0 aromatic carbocycles. The molecule has 7 nitrogen and oxygen atoms in total. The Morgan fingerprint density at radius 2 is 2.11 bits per heavy atom. The van der Waals surface area contributed by atoms with E-state index in [-0.39, 0.29) is 24.7 Å². The Labute approximate surface area is 160 Å². The molecule has 3 aliphatic heterocycles. The second-order valence-corrected chi connectivity index (χ2v) is 7.54. The fraction of sp³-hybridized carbons (Fsp3) is 0.700. The predicted octanol–water partition coefficient (Wildman–Crippen LogP) is 1.86. The van der Waals surface area contributed by atoms with Crippen molar-refractivity contribution in [2.24, 2.45) is 0 Å². The van der Waals surface area contributed by atoms with Gasteiger partial charge >= 0.3 is 0 Å². The van der Waals surface area contributed by atoms with E-state index in [1.165, 1.54) is 12.8 Å². The lowest BCUT2D eigenvalue weighted by Gasteiger charge is -2.22. The maximum Gasteiger partial charge on any atom is 0.248 e. The predicted molar refractivity (Wildman–Crippen MR) is 101 cm³/mol. The molecule has 0 saturated carbocycles. The summed E-state index contributed by atoms with van der Waals surface area (Å²) in [7, 11) is 0. The molecule has 0 spiro atoms. The molecule has 1 aromatic rings. The van der Waals surface area contributed by atoms with Gasteiger partial charge in [-0.2, -0.15) is 0 Å². The number of ether oxygens (including phenoxy) is 3. The average Bonchev–Trinajstić information content (AvgIpc) is 3.45. The standard InChI is InChI=1S/C20H29N3O4/c24-19(15-25-14-17-5-4-12-26-17)23-11-7-16(13-23)27-18-6-3-8-21-20(18)22-9-1-2-10-22/h3,6,8,16-17H,1-2,4-5,7,9-15H2. The number of rotatable bonds is 7. The normalized spacial score (nSPS) is 25.3. The first-order valence-corrected chi connectivity index (χ1v) is 10.1. The lowest BCUT2D eigenvalue weighted by atomic mass is 10.2. The van der Waals surface area contributed by atoms with Crippen LogP contribution in [0.3, 0.4) is 0 Å². The van der Waals surface area contributed by atoms with Crippen LogP contribution in [0.5, 0.6) is 5.75 Å². The number of amides is 1. The summed E-state index contributed by atoms with van der Waals surface area (Å²) in [6.07, 6.45) is 7.34. The Morgan fingerprint density at radius 3 is 2.93 bits per heavy atom. The Hall–Kier alpha value is -1.86. The molecule has 27 heavy (non-hydrogen) atoms. The Morgan fingerprint density at radius 1 is 1.22 bits per heavy atom. The SMILES string of the molecule is O=C(COCC1CCCO1)N1CCC(Oc2cccnc2N2CCCC2)C1. The van der Waals surface area contributed by atoms with E-state index >= 15 is 0 Å². The zero-order chi connectivity index (χ0) is 18.5. The summed E-state index contributed by atoms with van der Waals surface area (Å²) in [4.78, 5) is 21.0. The molecule has 3 saturated heterocycles. The molecule has 3 fully saturated rings. The van der Waals surface area contributed by atoms with Crippen molar-refractivity contribution in [2.45, 2.75) is 44.3 Å². The molecule has 0 radical (unpaired) electrons. The first kappa shape index (κ1) is 18.5. The number of anilines is 1. The number of carbonyl (C=O) groups excluding carboxylic acids is 1. The minimum Gasteiger partial charge on any atom is -0.485 e. The molecule has 0 aliphatic carbocycles. The number of hydrogen-bond acceptors (Lipinski definition) is 6. The summed E-state index contributed by atoms with van der Waals surface area (Å²) in [5.74, 6) is 1.79. The van der Waals surface area contributed by atoms with Gasteiger partial charge in [0.2, 0.25) is 5.91 Å². The summed E-state index contributed by atoms with van der Waals surface area (Å²) < 4.78 is 17.3. The monoisotopic (exact) mass is 375 g/mol. The summed E-state index contributed by atoms with van der Waals surface area (Å²) in [6, 6.07) is 3.89. The van der Waals surface area contributed by atoms with Crippen LogP contribution >= 0.6 is 0 Å². The topological polar surface area (TPSA) is 64.1 Å². The van der Waals surface area contributed by atoms with Crippen LogP contribution in [-0.4, -0.2) is 74.0 Å². The van der Waals surface area contributed by atoms with Crippen molar-refractivity contribution < 1.29 is 19.0 Å². The average molecular weight is 375 g/mol. The number of carbonyl (C=O) groups is 1. The summed E-state index contributed by atoms with van der Waals surface area (Å²) in [6.45, 7) is 4.83. The van der Waals surface area contributed by atoms with Crippen molar-refractivity contribution >= 4 is 11.7 Å². The van der Waals surface area contributed by atoms with Crippen LogP contribution in [0, 0.1) is 0 Å². The van der Waals surface area contributed by atoms with Gasteiger partial charge in [0.15, 0.2) is 11.6 Å². The minimum absolute atomic E-state index is 0.0117. The van der Waals surface area contributed by atoms with Gasteiger partial charge in [0.1, 0.15) is 12.7 Å². The van der Waals surface area contributed by atoms with Crippen LogP contribution in [0.4, 0.5) is 5.82 Å². The highest BCUT2D eigenvalue weighted by molar-refractivity contribution is 5.77. The number of nitrogens with zero attached hydrogens (tertiary/aromatic N) is 3. The first-order chi connectivity index (χ1) is 13.3. The molecule has 1 aromatic heterocycles. The Balaban J connectivity index is 1.25. The molecule has 2 unspecified atom stereocenters. The van der Waals surface area contributed by atoms with Crippen molar-refractivity contribution in [3.63, 3.8) is 0 Å². The highest BCUT2D eigenvalue weighted by Crippen LogP contribution is 2.30. The van der Waals surface area contributed by atoms with Crippen LogP contribution in [0.25, 0.3) is 0 Å². The second kappa shape index (κ2) is 8.89. The van der Waals surface area contributed by atoms with Gasteiger partial charge in [-0.1, -0.05) is 0 Å². The van der Waals surface area contributed by atoms with E-state index < -0.39 is 0 Å². The van der Waals surface area contributed by atoms with Crippen molar-refractivity contribution in [3.8, 4) is 5.75 Å². The lowest BCUT2D eigenvalue weighted by molar-refractivity contribution is -0.136. The minimum atomic E-state index is 0.0117. The van der Waals surface area contributed by atoms with Gasteiger partial charge in [-0.3, -0.25) is 4.79 Å².